The Morgan fingerprint density at radius 2 is 2.00 bits per heavy atom. The van der Waals surface area contributed by atoms with Crippen LogP contribution >= 0.6 is 0 Å². The van der Waals surface area contributed by atoms with Crippen LogP contribution in [0.25, 0.3) is 0 Å². The van der Waals surface area contributed by atoms with E-state index < -0.39 is 23.5 Å². The van der Waals surface area contributed by atoms with Gasteiger partial charge in [0.2, 0.25) is 0 Å². The number of nitrogens with zero attached hydrogens (tertiary/aromatic N) is 1. The number of carbonyl (C=O) groups excluding carboxylic acids is 2. The summed E-state index contributed by atoms with van der Waals surface area (Å²) >= 11 is 0. The quantitative estimate of drug-likeness (QED) is 0.615. The van der Waals surface area contributed by atoms with Gasteiger partial charge < -0.3 is 9.47 Å². The van der Waals surface area contributed by atoms with Crippen LogP contribution in [-0.4, -0.2) is 36.2 Å². The number of rotatable bonds is 3. The van der Waals surface area contributed by atoms with Crippen molar-refractivity contribution in [2.24, 2.45) is 0 Å². The zero-order chi connectivity index (χ0) is 18.6. The van der Waals surface area contributed by atoms with Crippen molar-refractivity contribution in [1.29, 1.82) is 0 Å². The van der Waals surface area contributed by atoms with Crippen molar-refractivity contribution >= 4 is 12.1 Å². The maximum atomic E-state index is 14.3. The molecular formula is C19H24FNO4. The highest BCUT2D eigenvalue weighted by Crippen LogP contribution is 2.30. The Labute approximate surface area is 147 Å². The number of benzene rings is 1. The lowest BCUT2D eigenvalue weighted by Crippen LogP contribution is -2.40. The minimum absolute atomic E-state index is 0.122. The van der Waals surface area contributed by atoms with Crippen LogP contribution in [-0.2, 0) is 20.7 Å². The van der Waals surface area contributed by atoms with Gasteiger partial charge in [-0.15, -0.1) is 0 Å². The van der Waals surface area contributed by atoms with Crippen molar-refractivity contribution in [2.45, 2.75) is 45.3 Å². The molecule has 2 rings (SSSR count). The van der Waals surface area contributed by atoms with Gasteiger partial charge >= 0.3 is 12.1 Å². The van der Waals surface area contributed by atoms with E-state index in [0.29, 0.717) is 18.5 Å². The first kappa shape index (κ1) is 19.0. The van der Waals surface area contributed by atoms with E-state index in [0.717, 1.165) is 0 Å². The molecule has 1 aliphatic rings. The highest BCUT2D eigenvalue weighted by atomic mass is 19.1. The predicted octanol–water partition coefficient (Wildman–Crippen LogP) is 3.78. The molecule has 1 aromatic carbocycles. The van der Waals surface area contributed by atoms with Gasteiger partial charge in [-0.1, -0.05) is 24.3 Å². The largest absolute Gasteiger partial charge is 0.469 e. The van der Waals surface area contributed by atoms with Crippen LogP contribution in [0.3, 0.4) is 0 Å². The highest BCUT2D eigenvalue weighted by Gasteiger charge is 2.30. The second kappa shape index (κ2) is 7.68. The highest BCUT2D eigenvalue weighted by molar-refractivity contribution is 5.72. The van der Waals surface area contributed by atoms with Crippen LogP contribution in [0.1, 0.15) is 44.4 Å². The smallest absolute Gasteiger partial charge is 0.411 e. The molecule has 1 amide bonds. The number of hydrogen-bond donors (Lipinski definition) is 0. The first-order valence-electron chi connectivity index (χ1n) is 8.21. The fraction of sp³-hybridized carbons (Fsp3) is 0.474. The maximum absolute atomic E-state index is 14.3. The Hall–Kier alpha value is -2.37. The molecule has 136 valence electrons. The van der Waals surface area contributed by atoms with Crippen LogP contribution < -0.4 is 0 Å². The molecule has 0 radical (unpaired) electrons. The zero-order valence-corrected chi connectivity index (χ0v) is 15.0. The molecule has 1 heterocycles. The summed E-state index contributed by atoms with van der Waals surface area (Å²) in [6.45, 7) is 5.83. The van der Waals surface area contributed by atoms with E-state index in [1.54, 1.807) is 37.8 Å². The first-order chi connectivity index (χ1) is 11.7. The van der Waals surface area contributed by atoms with Crippen LogP contribution in [0.4, 0.5) is 9.18 Å². The SMILES string of the molecule is COC(=O)Cc1ccc(C2CC=CCN2C(=O)OC(C)(C)C)cc1F. The van der Waals surface area contributed by atoms with E-state index in [9.17, 15) is 14.0 Å². The molecule has 25 heavy (non-hydrogen) atoms. The molecule has 1 unspecified atom stereocenters. The molecule has 0 fully saturated rings. The van der Waals surface area contributed by atoms with Gasteiger partial charge in [0.25, 0.3) is 0 Å². The van der Waals surface area contributed by atoms with Gasteiger partial charge in [-0.3, -0.25) is 9.69 Å². The number of hydrogen-bond acceptors (Lipinski definition) is 4. The second-order valence-corrected chi connectivity index (χ2v) is 6.96. The molecule has 1 aliphatic heterocycles. The lowest BCUT2D eigenvalue weighted by atomic mass is 9.97. The van der Waals surface area contributed by atoms with E-state index in [4.69, 9.17) is 4.74 Å². The van der Waals surface area contributed by atoms with E-state index in [1.165, 1.54) is 13.2 Å². The van der Waals surface area contributed by atoms with Crippen molar-refractivity contribution in [3.63, 3.8) is 0 Å². The van der Waals surface area contributed by atoms with Crippen molar-refractivity contribution in [2.75, 3.05) is 13.7 Å². The Bertz CT molecular complexity index is 678. The zero-order valence-electron chi connectivity index (χ0n) is 15.0. The van der Waals surface area contributed by atoms with Gasteiger partial charge in [0.05, 0.1) is 19.6 Å². The van der Waals surface area contributed by atoms with E-state index >= 15 is 0 Å². The molecule has 0 aromatic heterocycles. The standard InChI is InChI=1S/C19H24FNO4/c1-19(2,3)25-18(23)21-10-6-5-7-16(21)14-9-8-13(15(20)11-14)12-17(22)24-4/h5-6,8-9,11,16H,7,10,12H2,1-4H3. The average molecular weight is 349 g/mol. The lowest BCUT2D eigenvalue weighted by molar-refractivity contribution is -0.139. The molecular weight excluding hydrogens is 325 g/mol. The molecule has 6 heteroatoms. The summed E-state index contributed by atoms with van der Waals surface area (Å²) in [7, 11) is 1.27. The summed E-state index contributed by atoms with van der Waals surface area (Å²) < 4.78 is 24.4. The maximum Gasteiger partial charge on any atom is 0.411 e. The third-order valence-electron chi connectivity index (χ3n) is 3.86. The van der Waals surface area contributed by atoms with Crippen LogP contribution in [0.15, 0.2) is 30.4 Å². The minimum Gasteiger partial charge on any atom is -0.469 e. The summed E-state index contributed by atoms with van der Waals surface area (Å²) in [5.41, 5.74) is 0.338. The Kier molecular flexibility index (Phi) is 5.82. The molecule has 0 aliphatic carbocycles. The molecule has 1 atom stereocenters. The van der Waals surface area contributed by atoms with Crippen LogP contribution in [0, 0.1) is 5.82 Å². The monoisotopic (exact) mass is 349 g/mol. The average Bonchev–Trinajstić information content (AvgIpc) is 2.55. The summed E-state index contributed by atoms with van der Waals surface area (Å²) in [6, 6.07) is 4.37. The van der Waals surface area contributed by atoms with E-state index in [-0.39, 0.29) is 18.0 Å². The summed E-state index contributed by atoms with van der Waals surface area (Å²) in [5.74, 6) is -0.982. The van der Waals surface area contributed by atoms with Crippen molar-refractivity contribution < 1.29 is 23.5 Å². The van der Waals surface area contributed by atoms with Crippen molar-refractivity contribution in [1.82, 2.24) is 4.90 Å². The van der Waals surface area contributed by atoms with Crippen LogP contribution in [0.5, 0.6) is 0 Å². The molecule has 0 saturated heterocycles. The number of methoxy groups -OCH3 is 1. The topological polar surface area (TPSA) is 55.8 Å². The van der Waals surface area contributed by atoms with Gasteiger partial charge in [0, 0.05) is 6.54 Å². The number of amides is 1. The molecule has 5 nitrogen and oxygen atoms in total. The Balaban J connectivity index is 2.22. The van der Waals surface area contributed by atoms with Crippen molar-refractivity contribution in [3.05, 3.63) is 47.3 Å². The number of carbonyl (C=O) groups is 2. The van der Waals surface area contributed by atoms with Gasteiger partial charge in [-0.2, -0.15) is 0 Å². The third-order valence-corrected chi connectivity index (χ3v) is 3.86. The number of esters is 1. The normalized spacial score (nSPS) is 17.3. The molecule has 0 bridgehead atoms. The molecule has 1 aromatic rings. The fourth-order valence-electron chi connectivity index (χ4n) is 2.65. The Morgan fingerprint density at radius 3 is 2.60 bits per heavy atom. The number of halogens is 1. The summed E-state index contributed by atoms with van der Waals surface area (Å²) in [6.07, 6.45) is 3.88. The summed E-state index contributed by atoms with van der Waals surface area (Å²) in [5, 5.41) is 0. The second-order valence-electron chi connectivity index (χ2n) is 6.96. The minimum atomic E-state index is -0.599. The first-order valence-corrected chi connectivity index (χ1v) is 8.21. The van der Waals surface area contributed by atoms with E-state index in [2.05, 4.69) is 4.74 Å². The lowest BCUT2D eigenvalue weighted by Gasteiger charge is -2.34. The number of ether oxygens (including phenoxy) is 2. The molecule has 0 spiro atoms. The van der Waals surface area contributed by atoms with Crippen molar-refractivity contribution in [3.8, 4) is 0 Å². The van der Waals surface area contributed by atoms with Gasteiger partial charge in [0.1, 0.15) is 11.4 Å². The van der Waals surface area contributed by atoms with Gasteiger partial charge in [-0.05, 0) is 44.4 Å². The fourth-order valence-corrected chi connectivity index (χ4v) is 2.65. The molecule has 0 saturated carbocycles. The van der Waals surface area contributed by atoms with Gasteiger partial charge in [-0.25, -0.2) is 9.18 Å². The molecule has 0 N–H and O–H groups in total. The predicted molar refractivity (Wildman–Crippen MR) is 91.6 cm³/mol. The summed E-state index contributed by atoms with van der Waals surface area (Å²) in [4.78, 5) is 25.4. The third kappa shape index (κ3) is 5.05. The van der Waals surface area contributed by atoms with E-state index in [1.807, 2.05) is 12.2 Å². The Morgan fingerprint density at radius 1 is 1.28 bits per heavy atom. The van der Waals surface area contributed by atoms with Crippen LogP contribution in [0.2, 0.25) is 0 Å². The van der Waals surface area contributed by atoms with Gasteiger partial charge in [0.15, 0.2) is 0 Å².